The van der Waals surface area contributed by atoms with E-state index in [-0.39, 0.29) is 18.7 Å². The number of aliphatic hydroxyl groups is 1. The molecule has 208 valence electrons. The van der Waals surface area contributed by atoms with E-state index < -0.39 is 0 Å². The number of anilines is 2. The Kier molecular flexibility index (Phi) is 11.0. The zero-order valence-corrected chi connectivity index (χ0v) is 23.6. The quantitative estimate of drug-likeness (QED) is 0.371. The Morgan fingerprint density at radius 2 is 1.95 bits per heavy atom. The number of aromatic nitrogens is 2. The van der Waals surface area contributed by atoms with Gasteiger partial charge in [0.15, 0.2) is 5.82 Å². The summed E-state index contributed by atoms with van der Waals surface area (Å²) in [6, 6.07) is 7.84. The SMILES string of the molecule is CSCCCNC(=O)Nc1ccc(-c2nc3c(c(N4CCOCC4C)n2)CCN(CCCCO)CC3)cc1. The molecule has 3 heterocycles. The van der Waals surface area contributed by atoms with E-state index in [0.29, 0.717) is 19.8 Å². The Hall–Kier alpha value is -2.40. The highest BCUT2D eigenvalue weighted by Crippen LogP contribution is 2.30. The van der Waals surface area contributed by atoms with Crippen molar-refractivity contribution in [3.05, 3.63) is 35.5 Å². The molecular formula is C28H42N6O3S. The van der Waals surface area contributed by atoms with Gasteiger partial charge in [0.25, 0.3) is 0 Å². The monoisotopic (exact) mass is 542 g/mol. The molecular weight excluding hydrogens is 500 g/mol. The molecule has 1 atom stereocenters. The lowest BCUT2D eigenvalue weighted by Crippen LogP contribution is -2.45. The summed E-state index contributed by atoms with van der Waals surface area (Å²) in [5.41, 5.74) is 4.06. The predicted octanol–water partition coefficient (Wildman–Crippen LogP) is 3.42. The number of carbonyl (C=O) groups excluding carboxylic acids is 1. The van der Waals surface area contributed by atoms with E-state index in [1.807, 2.05) is 24.3 Å². The summed E-state index contributed by atoms with van der Waals surface area (Å²) in [6.45, 7) is 8.25. The number of amides is 2. The van der Waals surface area contributed by atoms with Crippen molar-refractivity contribution >= 4 is 29.3 Å². The molecule has 1 aromatic carbocycles. The van der Waals surface area contributed by atoms with Crippen molar-refractivity contribution in [1.29, 1.82) is 0 Å². The van der Waals surface area contributed by atoms with Gasteiger partial charge in [-0.05, 0) is 75.4 Å². The van der Waals surface area contributed by atoms with Crippen molar-refractivity contribution in [2.75, 3.05) is 74.8 Å². The van der Waals surface area contributed by atoms with Crippen molar-refractivity contribution < 1.29 is 14.6 Å². The molecule has 1 aromatic heterocycles. The molecule has 4 rings (SSSR count). The number of hydrogen-bond acceptors (Lipinski definition) is 8. The summed E-state index contributed by atoms with van der Waals surface area (Å²) >= 11 is 1.78. The number of hydrogen-bond donors (Lipinski definition) is 3. The second-order valence-corrected chi connectivity index (χ2v) is 11.0. The van der Waals surface area contributed by atoms with Gasteiger partial charge in [0, 0.05) is 56.0 Å². The first-order valence-corrected chi connectivity index (χ1v) is 15.2. The lowest BCUT2D eigenvalue weighted by Gasteiger charge is -2.36. The Morgan fingerprint density at radius 1 is 1.13 bits per heavy atom. The van der Waals surface area contributed by atoms with Crippen LogP contribution in [0.25, 0.3) is 11.4 Å². The van der Waals surface area contributed by atoms with Crippen molar-refractivity contribution in [3.63, 3.8) is 0 Å². The van der Waals surface area contributed by atoms with Crippen LogP contribution in [-0.2, 0) is 17.6 Å². The molecule has 0 aliphatic carbocycles. The normalized spacial score (nSPS) is 18.1. The fourth-order valence-corrected chi connectivity index (χ4v) is 5.43. The number of benzene rings is 1. The standard InChI is InChI=1S/C28H42N6O3S/c1-21-20-37-18-16-34(21)27-24-10-14-33(13-3-4-17-35)15-11-25(24)31-26(32-27)22-6-8-23(9-7-22)30-28(36)29-12-5-19-38-2/h6-9,21,35H,3-5,10-20H2,1-2H3,(H2,29,30,36). The van der Waals surface area contributed by atoms with E-state index >= 15 is 0 Å². The fraction of sp³-hybridized carbons (Fsp3) is 0.607. The minimum atomic E-state index is -0.188. The lowest BCUT2D eigenvalue weighted by molar-refractivity contribution is 0.0984. The third-order valence-electron chi connectivity index (χ3n) is 7.15. The minimum absolute atomic E-state index is 0.188. The van der Waals surface area contributed by atoms with Crippen LogP contribution >= 0.6 is 11.8 Å². The van der Waals surface area contributed by atoms with E-state index in [1.54, 1.807) is 11.8 Å². The van der Waals surface area contributed by atoms with E-state index in [1.165, 1.54) is 5.56 Å². The van der Waals surface area contributed by atoms with E-state index in [9.17, 15) is 9.90 Å². The maximum absolute atomic E-state index is 12.2. The first kappa shape index (κ1) is 28.6. The van der Waals surface area contributed by atoms with Gasteiger partial charge in [-0.1, -0.05) is 0 Å². The van der Waals surface area contributed by atoms with Crippen LogP contribution in [0.4, 0.5) is 16.3 Å². The average molecular weight is 543 g/mol. The fourth-order valence-electron chi connectivity index (χ4n) is 5.00. The van der Waals surface area contributed by atoms with Crippen LogP contribution in [0.5, 0.6) is 0 Å². The molecule has 2 amide bonds. The van der Waals surface area contributed by atoms with Gasteiger partial charge >= 0.3 is 6.03 Å². The molecule has 0 spiro atoms. The molecule has 38 heavy (non-hydrogen) atoms. The highest BCUT2D eigenvalue weighted by atomic mass is 32.2. The minimum Gasteiger partial charge on any atom is -0.396 e. The number of nitrogens with zero attached hydrogens (tertiary/aromatic N) is 4. The van der Waals surface area contributed by atoms with E-state index in [2.05, 4.69) is 33.6 Å². The summed E-state index contributed by atoms with van der Waals surface area (Å²) in [7, 11) is 0. The maximum atomic E-state index is 12.2. The zero-order chi connectivity index (χ0) is 26.7. The molecule has 1 fully saturated rings. The van der Waals surface area contributed by atoms with E-state index in [0.717, 1.165) is 92.6 Å². The molecule has 9 nitrogen and oxygen atoms in total. The van der Waals surface area contributed by atoms with Crippen LogP contribution in [0.1, 0.15) is 37.4 Å². The summed E-state index contributed by atoms with van der Waals surface area (Å²) in [6.07, 6.45) is 6.67. The van der Waals surface area contributed by atoms with Crippen molar-refractivity contribution in [2.45, 2.75) is 45.1 Å². The van der Waals surface area contributed by atoms with E-state index in [4.69, 9.17) is 14.7 Å². The number of unbranched alkanes of at least 4 members (excludes halogenated alkanes) is 1. The number of nitrogens with one attached hydrogen (secondary N) is 2. The van der Waals surface area contributed by atoms with Crippen molar-refractivity contribution in [1.82, 2.24) is 20.2 Å². The molecule has 2 aliphatic heterocycles. The van der Waals surface area contributed by atoms with Gasteiger partial charge < -0.3 is 30.3 Å². The molecule has 10 heteroatoms. The number of ether oxygens (including phenoxy) is 1. The third-order valence-corrected chi connectivity index (χ3v) is 7.84. The van der Waals surface area contributed by atoms with Gasteiger partial charge in [0.1, 0.15) is 5.82 Å². The van der Waals surface area contributed by atoms with Crippen LogP contribution < -0.4 is 15.5 Å². The number of rotatable bonds is 11. The third kappa shape index (κ3) is 7.81. The summed E-state index contributed by atoms with van der Waals surface area (Å²) in [4.78, 5) is 27.3. The van der Waals surface area contributed by atoms with Crippen molar-refractivity contribution in [2.24, 2.45) is 0 Å². The first-order chi connectivity index (χ1) is 18.6. The number of fused-ring (bicyclic) bond motifs is 1. The second kappa shape index (κ2) is 14.7. The Balaban J connectivity index is 1.53. The van der Waals surface area contributed by atoms with Gasteiger partial charge in [-0.3, -0.25) is 0 Å². The van der Waals surface area contributed by atoms with Gasteiger partial charge in [0.2, 0.25) is 0 Å². The van der Waals surface area contributed by atoms with Crippen LogP contribution in [0.15, 0.2) is 24.3 Å². The zero-order valence-electron chi connectivity index (χ0n) is 22.7. The van der Waals surface area contributed by atoms with Crippen LogP contribution in [-0.4, -0.2) is 96.6 Å². The number of aliphatic hydroxyl groups excluding tert-OH is 1. The average Bonchev–Trinajstić information content (AvgIpc) is 3.14. The van der Waals surface area contributed by atoms with Gasteiger partial charge in [-0.15, -0.1) is 0 Å². The first-order valence-electron chi connectivity index (χ1n) is 13.8. The maximum Gasteiger partial charge on any atom is 0.319 e. The second-order valence-electron chi connectivity index (χ2n) is 9.99. The highest BCUT2D eigenvalue weighted by Gasteiger charge is 2.27. The molecule has 2 aliphatic rings. The number of thioether (sulfide) groups is 1. The molecule has 2 aromatic rings. The molecule has 0 saturated carbocycles. The Labute approximate surface area is 230 Å². The van der Waals surface area contributed by atoms with Crippen molar-refractivity contribution in [3.8, 4) is 11.4 Å². The highest BCUT2D eigenvalue weighted by molar-refractivity contribution is 7.98. The topological polar surface area (TPSA) is 103 Å². The smallest absolute Gasteiger partial charge is 0.319 e. The number of urea groups is 1. The van der Waals surface area contributed by atoms with Gasteiger partial charge in [-0.2, -0.15) is 11.8 Å². The predicted molar refractivity (Wildman–Crippen MR) is 155 cm³/mol. The molecule has 3 N–H and O–H groups in total. The summed E-state index contributed by atoms with van der Waals surface area (Å²) in [5, 5.41) is 15.0. The van der Waals surface area contributed by atoms with Crippen LogP contribution in [0, 0.1) is 0 Å². The van der Waals surface area contributed by atoms with Gasteiger partial charge in [-0.25, -0.2) is 14.8 Å². The number of morpholine rings is 1. The lowest BCUT2D eigenvalue weighted by atomic mass is 10.1. The number of carbonyl (C=O) groups is 1. The Bertz CT molecular complexity index is 1040. The molecule has 0 bridgehead atoms. The molecule has 1 saturated heterocycles. The molecule has 1 unspecified atom stereocenters. The largest absolute Gasteiger partial charge is 0.396 e. The van der Waals surface area contributed by atoms with Gasteiger partial charge in [0.05, 0.1) is 24.9 Å². The Morgan fingerprint density at radius 3 is 2.71 bits per heavy atom. The summed E-state index contributed by atoms with van der Waals surface area (Å²) in [5.74, 6) is 2.78. The van der Waals surface area contributed by atoms with Crippen LogP contribution in [0.2, 0.25) is 0 Å². The summed E-state index contributed by atoms with van der Waals surface area (Å²) < 4.78 is 5.72. The van der Waals surface area contributed by atoms with Crippen LogP contribution in [0.3, 0.4) is 0 Å². The molecule has 0 radical (unpaired) electrons.